The van der Waals surface area contributed by atoms with Crippen molar-refractivity contribution < 1.29 is 18.3 Å². The minimum atomic E-state index is -4.52. The summed E-state index contributed by atoms with van der Waals surface area (Å²) in [5.41, 5.74) is -1.03. The third-order valence-electron chi connectivity index (χ3n) is 1.16. The molecule has 1 heterocycles. The SMILES string of the molecule is Oc1cncc(I)c1C(F)(F)F. The largest absolute Gasteiger partial charge is 0.506 e. The van der Waals surface area contributed by atoms with Gasteiger partial charge in [-0.1, -0.05) is 0 Å². The predicted octanol–water partition coefficient (Wildman–Crippen LogP) is 2.41. The normalized spacial score (nSPS) is 11.7. The number of pyridine rings is 1. The lowest BCUT2D eigenvalue weighted by molar-refractivity contribution is -0.139. The second kappa shape index (κ2) is 3.08. The van der Waals surface area contributed by atoms with E-state index in [9.17, 15) is 13.2 Å². The molecular formula is C6H3F3INO. The van der Waals surface area contributed by atoms with Crippen LogP contribution in [-0.2, 0) is 6.18 Å². The number of nitrogens with zero attached hydrogens (tertiary/aromatic N) is 1. The van der Waals surface area contributed by atoms with Crippen LogP contribution in [0.5, 0.6) is 5.75 Å². The lowest BCUT2D eigenvalue weighted by atomic mass is 10.2. The molecule has 1 aromatic rings. The first kappa shape index (κ1) is 9.56. The van der Waals surface area contributed by atoms with E-state index in [4.69, 9.17) is 5.11 Å². The van der Waals surface area contributed by atoms with Gasteiger partial charge in [-0.25, -0.2) is 0 Å². The summed E-state index contributed by atoms with van der Waals surface area (Å²) < 4.78 is 36.2. The molecule has 0 aliphatic carbocycles. The molecule has 0 atom stereocenters. The van der Waals surface area contributed by atoms with Gasteiger partial charge in [-0.05, 0) is 22.6 Å². The molecule has 0 aliphatic heterocycles. The number of alkyl halides is 3. The minimum Gasteiger partial charge on any atom is -0.506 e. The maximum absolute atomic E-state index is 12.1. The zero-order chi connectivity index (χ0) is 9.35. The summed E-state index contributed by atoms with van der Waals surface area (Å²) in [6.45, 7) is 0. The summed E-state index contributed by atoms with van der Waals surface area (Å²) in [5.74, 6) is -0.839. The van der Waals surface area contributed by atoms with E-state index < -0.39 is 17.5 Å². The van der Waals surface area contributed by atoms with Crippen LogP contribution in [0.15, 0.2) is 12.4 Å². The Balaban J connectivity index is 3.31. The molecule has 0 fully saturated rings. The predicted molar refractivity (Wildman–Crippen MR) is 43.6 cm³/mol. The van der Waals surface area contributed by atoms with Crippen molar-refractivity contribution in [2.24, 2.45) is 0 Å². The lowest BCUT2D eigenvalue weighted by Crippen LogP contribution is -2.08. The van der Waals surface area contributed by atoms with Gasteiger partial charge in [-0.2, -0.15) is 13.2 Å². The van der Waals surface area contributed by atoms with E-state index >= 15 is 0 Å². The number of rotatable bonds is 0. The fourth-order valence-corrected chi connectivity index (χ4v) is 1.45. The van der Waals surface area contributed by atoms with E-state index in [0.717, 1.165) is 12.4 Å². The Labute approximate surface area is 79.6 Å². The van der Waals surface area contributed by atoms with Gasteiger partial charge in [0.25, 0.3) is 0 Å². The van der Waals surface area contributed by atoms with Crippen molar-refractivity contribution in [1.29, 1.82) is 0 Å². The topological polar surface area (TPSA) is 33.1 Å². The van der Waals surface area contributed by atoms with Crippen LogP contribution in [-0.4, -0.2) is 10.1 Å². The Morgan fingerprint density at radius 3 is 2.25 bits per heavy atom. The highest BCUT2D eigenvalue weighted by atomic mass is 127. The van der Waals surface area contributed by atoms with Crippen molar-refractivity contribution in [3.05, 3.63) is 21.5 Å². The van der Waals surface area contributed by atoms with Crippen molar-refractivity contribution in [3.63, 3.8) is 0 Å². The van der Waals surface area contributed by atoms with Crippen molar-refractivity contribution >= 4 is 22.6 Å². The van der Waals surface area contributed by atoms with Crippen LogP contribution >= 0.6 is 22.6 Å². The molecule has 0 aliphatic rings. The number of hydrogen-bond donors (Lipinski definition) is 1. The van der Waals surface area contributed by atoms with Crippen LogP contribution in [0.3, 0.4) is 0 Å². The van der Waals surface area contributed by atoms with E-state index in [2.05, 4.69) is 4.98 Å². The first-order chi connectivity index (χ1) is 5.43. The molecule has 0 saturated carbocycles. The van der Waals surface area contributed by atoms with Gasteiger partial charge >= 0.3 is 6.18 Å². The quantitative estimate of drug-likeness (QED) is 0.744. The van der Waals surface area contributed by atoms with Crippen LogP contribution < -0.4 is 0 Å². The number of aromatic hydroxyl groups is 1. The summed E-state index contributed by atoms with van der Waals surface area (Å²) in [5, 5.41) is 8.84. The maximum Gasteiger partial charge on any atom is 0.421 e. The molecule has 1 aromatic heterocycles. The minimum absolute atomic E-state index is 0.111. The van der Waals surface area contributed by atoms with Gasteiger partial charge in [0.15, 0.2) is 0 Å². The second-order valence-corrected chi connectivity index (χ2v) is 3.18. The molecular weight excluding hydrogens is 286 g/mol. The van der Waals surface area contributed by atoms with Gasteiger partial charge < -0.3 is 5.11 Å². The third-order valence-corrected chi connectivity index (χ3v) is 1.98. The van der Waals surface area contributed by atoms with Crippen molar-refractivity contribution in [2.75, 3.05) is 0 Å². The van der Waals surface area contributed by atoms with Crippen LogP contribution in [0.4, 0.5) is 13.2 Å². The van der Waals surface area contributed by atoms with E-state index in [-0.39, 0.29) is 3.57 Å². The van der Waals surface area contributed by atoms with Gasteiger partial charge in [-0.3, -0.25) is 4.98 Å². The van der Waals surface area contributed by atoms with E-state index in [0.29, 0.717) is 0 Å². The smallest absolute Gasteiger partial charge is 0.421 e. The molecule has 12 heavy (non-hydrogen) atoms. The fourth-order valence-electron chi connectivity index (χ4n) is 0.705. The van der Waals surface area contributed by atoms with Gasteiger partial charge in [0, 0.05) is 9.77 Å². The van der Waals surface area contributed by atoms with E-state index in [1.165, 1.54) is 22.6 Å². The highest BCUT2D eigenvalue weighted by molar-refractivity contribution is 14.1. The highest BCUT2D eigenvalue weighted by Gasteiger charge is 2.36. The molecule has 66 valence electrons. The zero-order valence-electron chi connectivity index (χ0n) is 5.56. The number of halogens is 4. The molecule has 6 heteroatoms. The zero-order valence-corrected chi connectivity index (χ0v) is 7.72. The monoisotopic (exact) mass is 289 g/mol. The van der Waals surface area contributed by atoms with Gasteiger partial charge in [-0.15, -0.1) is 0 Å². The van der Waals surface area contributed by atoms with Gasteiger partial charge in [0.05, 0.1) is 6.20 Å². The molecule has 0 saturated heterocycles. The van der Waals surface area contributed by atoms with E-state index in [1.54, 1.807) is 0 Å². The van der Waals surface area contributed by atoms with E-state index in [1.807, 2.05) is 0 Å². The number of hydrogen-bond acceptors (Lipinski definition) is 2. The molecule has 0 bridgehead atoms. The molecule has 1 N–H and O–H groups in total. The second-order valence-electron chi connectivity index (χ2n) is 2.01. The Hall–Kier alpha value is -0.530. The molecule has 2 nitrogen and oxygen atoms in total. The van der Waals surface area contributed by atoms with Crippen molar-refractivity contribution in [1.82, 2.24) is 4.98 Å². The van der Waals surface area contributed by atoms with Gasteiger partial charge in [0.2, 0.25) is 0 Å². The Kier molecular flexibility index (Phi) is 2.45. The van der Waals surface area contributed by atoms with Crippen LogP contribution in [0.2, 0.25) is 0 Å². The molecule has 1 rings (SSSR count). The first-order valence-corrected chi connectivity index (χ1v) is 3.90. The molecule has 0 amide bonds. The third kappa shape index (κ3) is 1.79. The first-order valence-electron chi connectivity index (χ1n) is 2.82. The Bertz CT molecular complexity index is 279. The summed E-state index contributed by atoms with van der Waals surface area (Å²) >= 11 is 1.47. The van der Waals surface area contributed by atoms with Crippen LogP contribution in [0.1, 0.15) is 5.56 Å². The molecule has 0 unspecified atom stereocenters. The average molecular weight is 289 g/mol. The Morgan fingerprint density at radius 1 is 1.33 bits per heavy atom. The van der Waals surface area contributed by atoms with Crippen LogP contribution in [0.25, 0.3) is 0 Å². The van der Waals surface area contributed by atoms with Crippen molar-refractivity contribution in [2.45, 2.75) is 6.18 Å². The summed E-state index contributed by atoms with van der Waals surface area (Å²) in [7, 11) is 0. The van der Waals surface area contributed by atoms with Crippen LogP contribution in [0, 0.1) is 3.57 Å². The summed E-state index contributed by atoms with van der Waals surface area (Å²) in [4.78, 5) is 3.40. The maximum atomic E-state index is 12.1. The average Bonchev–Trinajstić information content (AvgIpc) is 1.82. The standard InChI is InChI=1S/C6H3F3INO/c7-6(8,9)5-3(10)1-11-2-4(5)12/h1-2,12H. The van der Waals surface area contributed by atoms with Gasteiger partial charge in [0.1, 0.15) is 11.3 Å². The molecule has 0 spiro atoms. The summed E-state index contributed by atoms with van der Waals surface area (Å²) in [6, 6.07) is 0. The molecule has 0 aromatic carbocycles. The fraction of sp³-hybridized carbons (Fsp3) is 0.167. The summed E-state index contributed by atoms with van der Waals surface area (Å²) in [6.07, 6.45) is -2.71. The molecule has 0 radical (unpaired) electrons. The Morgan fingerprint density at radius 2 is 1.92 bits per heavy atom. The lowest BCUT2D eigenvalue weighted by Gasteiger charge is -2.09. The number of aromatic nitrogens is 1. The highest BCUT2D eigenvalue weighted by Crippen LogP contribution is 2.37. The van der Waals surface area contributed by atoms with Crippen molar-refractivity contribution in [3.8, 4) is 5.75 Å².